The molecule has 9 heteroatoms. The minimum atomic E-state index is -0.663. The van der Waals surface area contributed by atoms with Crippen LogP contribution in [0.25, 0.3) is 0 Å². The fraction of sp³-hybridized carbons (Fsp3) is 0.368. The molecular weight excluding hydrogens is 452 g/mol. The summed E-state index contributed by atoms with van der Waals surface area (Å²) in [6, 6.07) is 13.9. The molecule has 2 aromatic carbocycles. The molecule has 152 valence electrons. The first-order chi connectivity index (χ1) is 13.0. The van der Waals surface area contributed by atoms with Crippen LogP contribution >= 0.6 is 28.3 Å². The van der Waals surface area contributed by atoms with Crippen LogP contribution in [0.5, 0.6) is 5.75 Å². The quantitative estimate of drug-likeness (QED) is 0.489. The van der Waals surface area contributed by atoms with Gasteiger partial charge in [0.25, 0.3) is 5.69 Å². The molecular formula is C19H22BrClN2O5. The van der Waals surface area contributed by atoms with E-state index in [0.29, 0.717) is 25.4 Å². The average Bonchev–Trinajstić information content (AvgIpc) is 2.67. The number of hydrogen-bond acceptors (Lipinski definition) is 6. The van der Waals surface area contributed by atoms with Crippen LogP contribution < -0.4 is 4.74 Å². The largest absolute Gasteiger partial charge is 0.491 e. The number of β-amino-alcohol motifs (C(OH)–C–C–N with tert-alkyl or cyclic N) is 1. The number of nitrogens with zero attached hydrogens (tertiary/aromatic N) is 2. The van der Waals surface area contributed by atoms with Gasteiger partial charge in [0.05, 0.1) is 17.6 Å². The lowest BCUT2D eigenvalue weighted by Crippen LogP contribution is -2.43. The number of morpholine rings is 1. The zero-order chi connectivity index (χ0) is 19.2. The van der Waals surface area contributed by atoms with Crippen LogP contribution in [0.1, 0.15) is 11.7 Å². The van der Waals surface area contributed by atoms with Crippen LogP contribution in [0.3, 0.4) is 0 Å². The van der Waals surface area contributed by atoms with Gasteiger partial charge in [0.15, 0.2) is 0 Å². The van der Waals surface area contributed by atoms with Gasteiger partial charge in [-0.25, -0.2) is 0 Å². The molecule has 1 aliphatic rings. The fourth-order valence-corrected chi connectivity index (χ4v) is 3.22. The Hall–Kier alpha value is -1.71. The second kappa shape index (κ2) is 10.7. The molecule has 0 saturated carbocycles. The van der Waals surface area contributed by atoms with Gasteiger partial charge in [-0.05, 0) is 29.8 Å². The van der Waals surface area contributed by atoms with Crippen LogP contribution in [0, 0.1) is 10.1 Å². The number of hydrogen-bond donors (Lipinski definition) is 1. The van der Waals surface area contributed by atoms with E-state index < -0.39 is 11.0 Å². The Kier molecular flexibility index (Phi) is 8.65. The molecule has 2 unspecified atom stereocenters. The third-order valence-corrected chi connectivity index (χ3v) is 4.88. The second-order valence-corrected chi connectivity index (χ2v) is 7.30. The number of aliphatic hydroxyl groups is 1. The molecule has 1 aliphatic heterocycles. The van der Waals surface area contributed by atoms with Crippen LogP contribution in [0.2, 0.25) is 0 Å². The lowest BCUT2D eigenvalue weighted by Gasteiger charge is -2.34. The molecule has 1 fully saturated rings. The van der Waals surface area contributed by atoms with Crippen LogP contribution in [-0.4, -0.2) is 53.9 Å². The van der Waals surface area contributed by atoms with E-state index in [1.807, 2.05) is 24.3 Å². The maximum absolute atomic E-state index is 10.7. The van der Waals surface area contributed by atoms with Crippen molar-refractivity contribution >= 4 is 34.0 Å². The monoisotopic (exact) mass is 472 g/mol. The molecule has 0 aliphatic carbocycles. The molecule has 0 radical (unpaired) electrons. The molecule has 2 aromatic rings. The molecule has 0 aromatic heterocycles. The molecule has 28 heavy (non-hydrogen) atoms. The number of nitro groups is 1. The summed E-state index contributed by atoms with van der Waals surface area (Å²) in [6.45, 7) is 2.66. The molecule has 0 bridgehead atoms. The topological polar surface area (TPSA) is 85.1 Å². The van der Waals surface area contributed by atoms with Crippen LogP contribution in [0.4, 0.5) is 5.69 Å². The van der Waals surface area contributed by atoms with Crippen molar-refractivity contribution in [3.05, 3.63) is 68.7 Å². The molecule has 0 spiro atoms. The van der Waals surface area contributed by atoms with Crippen LogP contribution in [0.15, 0.2) is 53.0 Å². The van der Waals surface area contributed by atoms with Gasteiger partial charge in [-0.15, -0.1) is 12.4 Å². The second-order valence-electron chi connectivity index (χ2n) is 6.39. The molecule has 3 rings (SSSR count). The van der Waals surface area contributed by atoms with Crippen molar-refractivity contribution in [2.45, 2.75) is 12.2 Å². The Morgan fingerprint density at radius 3 is 2.57 bits per heavy atom. The van der Waals surface area contributed by atoms with Gasteiger partial charge in [-0.3, -0.25) is 15.0 Å². The number of aliphatic hydroxyl groups excluding tert-OH is 1. The smallest absolute Gasteiger partial charge is 0.269 e. The van der Waals surface area contributed by atoms with Crippen molar-refractivity contribution in [2.75, 3.05) is 32.8 Å². The summed E-state index contributed by atoms with van der Waals surface area (Å²) in [5.41, 5.74) is 1.12. The molecule has 7 nitrogen and oxygen atoms in total. The minimum absolute atomic E-state index is 0. The first kappa shape index (κ1) is 22.6. The van der Waals surface area contributed by atoms with Gasteiger partial charge in [-0.1, -0.05) is 28.1 Å². The van der Waals surface area contributed by atoms with E-state index in [0.717, 1.165) is 16.6 Å². The number of non-ortho nitro benzene ring substituents is 1. The van der Waals surface area contributed by atoms with E-state index in [-0.39, 0.29) is 30.8 Å². The summed E-state index contributed by atoms with van der Waals surface area (Å²) in [5.74, 6) is 0.495. The number of nitro benzene ring substituents is 1. The van der Waals surface area contributed by atoms with Crippen molar-refractivity contribution in [2.24, 2.45) is 0 Å². The Balaban J connectivity index is 0.00000280. The average molecular weight is 474 g/mol. The first-order valence-electron chi connectivity index (χ1n) is 8.66. The van der Waals surface area contributed by atoms with Gasteiger partial charge >= 0.3 is 0 Å². The maximum atomic E-state index is 10.7. The zero-order valence-corrected chi connectivity index (χ0v) is 17.5. The van der Waals surface area contributed by atoms with Gasteiger partial charge in [0.2, 0.25) is 0 Å². The highest BCUT2D eigenvalue weighted by atomic mass is 79.9. The van der Waals surface area contributed by atoms with Gasteiger partial charge in [-0.2, -0.15) is 0 Å². The SMILES string of the molecule is Cl.O=[N+]([O-])c1ccc(OCC(O)CN2CCOC(c3ccc(Br)cc3)C2)cc1. The summed E-state index contributed by atoms with van der Waals surface area (Å²) in [4.78, 5) is 12.3. The highest BCUT2D eigenvalue weighted by molar-refractivity contribution is 9.10. The van der Waals surface area contributed by atoms with Crippen LogP contribution in [-0.2, 0) is 4.74 Å². The fourth-order valence-electron chi connectivity index (χ4n) is 2.95. The minimum Gasteiger partial charge on any atom is -0.491 e. The summed E-state index contributed by atoms with van der Waals surface area (Å²) < 4.78 is 12.4. The Morgan fingerprint density at radius 2 is 1.93 bits per heavy atom. The predicted molar refractivity (Wildman–Crippen MR) is 111 cm³/mol. The van der Waals surface area contributed by atoms with Crippen molar-refractivity contribution in [3.63, 3.8) is 0 Å². The van der Waals surface area contributed by atoms with Gasteiger partial charge in [0.1, 0.15) is 18.5 Å². The van der Waals surface area contributed by atoms with E-state index in [1.54, 1.807) is 0 Å². The molecule has 1 heterocycles. The van der Waals surface area contributed by atoms with E-state index in [9.17, 15) is 15.2 Å². The number of benzene rings is 2. The van der Waals surface area contributed by atoms with Gasteiger partial charge < -0.3 is 14.6 Å². The Labute approximate surface area is 177 Å². The maximum Gasteiger partial charge on any atom is 0.269 e. The number of rotatable bonds is 7. The lowest BCUT2D eigenvalue weighted by atomic mass is 10.1. The normalized spacial score (nSPS) is 18.1. The van der Waals surface area contributed by atoms with Crippen molar-refractivity contribution in [3.8, 4) is 5.75 Å². The first-order valence-corrected chi connectivity index (χ1v) is 9.45. The lowest BCUT2D eigenvalue weighted by molar-refractivity contribution is -0.384. The molecule has 2 atom stereocenters. The van der Waals surface area contributed by atoms with Gasteiger partial charge in [0, 0.05) is 36.2 Å². The molecule has 0 amide bonds. The summed E-state index contributed by atoms with van der Waals surface area (Å²) >= 11 is 3.43. The van der Waals surface area contributed by atoms with Crippen molar-refractivity contribution in [1.82, 2.24) is 4.90 Å². The molecule has 1 N–H and O–H groups in total. The highest BCUT2D eigenvalue weighted by Crippen LogP contribution is 2.24. The summed E-state index contributed by atoms with van der Waals surface area (Å²) in [6.07, 6.45) is -0.682. The Morgan fingerprint density at radius 1 is 1.25 bits per heavy atom. The number of ether oxygens (including phenoxy) is 2. The van der Waals surface area contributed by atoms with E-state index in [2.05, 4.69) is 20.8 Å². The van der Waals surface area contributed by atoms with Crippen molar-refractivity contribution in [1.29, 1.82) is 0 Å². The Bertz CT molecular complexity index is 760. The predicted octanol–water partition coefficient (Wildman–Crippen LogP) is 3.59. The van der Waals surface area contributed by atoms with E-state index in [1.165, 1.54) is 24.3 Å². The zero-order valence-electron chi connectivity index (χ0n) is 15.1. The van der Waals surface area contributed by atoms with E-state index >= 15 is 0 Å². The summed E-state index contributed by atoms with van der Waals surface area (Å²) in [5, 5.41) is 20.9. The third-order valence-electron chi connectivity index (χ3n) is 4.35. The highest BCUT2D eigenvalue weighted by Gasteiger charge is 2.23. The molecule has 1 saturated heterocycles. The third kappa shape index (κ3) is 6.42. The number of halogens is 2. The summed E-state index contributed by atoms with van der Waals surface area (Å²) in [7, 11) is 0. The van der Waals surface area contributed by atoms with E-state index in [4.69, 9.17) is 9.47 Å². The standard InChI is InChI=1S/C19H21BrN2O5.ClH/c20-15-3-1-14(2-4-15)19-12-21(9-10-26-19)11-17(23)13-27-18-7-5-16(6-8-18)22(24)25;/h1-8,17,19,23H,9-13H2;1H. The van der Waals surface area contributed by atoms with Crippen molar-refractivity contribution < 1.29 is 19.5 Å².